The summed E-state index contributed by atoms with van der Waals surface area (Å²) in [4.78, 5) is 24.7. The molecule has 1 rings (SSSR count). The minimum Gasteiger partial charge on any atom is -0.480 e. The molecule has 1 amide bonds. The van der Waals surface area contributed by atoms with Gasteiger partial charge in [-0.2, -0.15) is 0 Å². The van der Waals surface area contributed by atoms with Gasteiger partial charge >= 0.3 is 5.97 Å². The van der Waals surface area contributed by atoms with Crippen LogP contribution < -0.4 is 0 Å². The van der Waals surface area contributed by atoms with Crippen LogP contribution in [-0.4, -0.2) is 35.0 Å². The van der Waals surface area contributed by atoms with Gasteiger partial charge in [0.2, 0.25) is 5.91 Å². The van der Waals surface area contributed by atoms with E-state index in [0.29, 0.717) is 6.54 Å². The molecule has 0 aromatic heterocycles. The standard InChI is InChI=1S/C15H21NO3/c1-11(2)9-16(10-14(17)18)15(19)12(3)13-7-5-4-6-8-13/h4-8,11-12H,9-10H2,1-3H3,(H,17,18). The van der Waals surface area contributed by atoms with Gasteiger partial charge in [-0.15, -0.1) is 0 Å². The number of carbonyl (C=O) groups excluding carboxylic acids is 1. The first kappa shape index (κ1) is 15.2. The van der Waals surface area contributed by atoms with Crippen molar-refractivity contribution in [2.45, 2.75) is 26.7 Å². The van der Waals surface area contributed by atoms with Crippen LogP contribution in [0, 0.1) is 5.92 Å². The molecule has 1 N–H and O–H groups in total. The molecular formula is C15H21NO3. The van der Waals surface area contributed by atoms with Gasteiger partial charge in [0, 0.05) is 6.54 Å². The van der Waals surface area contributed by atoms with Gasteiger partial charge in [0.05, 0.1) is 5.92 Å². The molecule has 0 heterocycles. The molecule has 0 bridgehead atoms. The molecule has 0 aliphatic rings. The number of nitrogens with zero attached hydrogens (tertiary/aromatic N) is 1. The lowest BCUT2D eigenvalue weighted by atomic mass is 9.99. The molecule has 1 aromatic rings. The first-order valence-electron chi connectivity index (χ1n) is 6.47. The van der Waals surface area contributed by atoms with E-state index in [1.165, 1.54) is 4.90 Å². The maximum Gasteiger partial charge on any atom is 0.323 e. The molecule has 104 valence electrons. The van der Waals surface area contributed by atoms with E-state index in [1.54, 1.807) is 0 Å². The third kappa shape index (κ3) is 4.73. The lowest BCUT2D eigenvalue weighted by molar-refractivity contribution is -0.145. The summed E-state index contributed by atoms with van der Waals surface area (Å²) in [6.45, 7) is 5.97. The molecule has 0 aliphatic carbocycles. The number of aliphatic carboxylic acids is 1. The largest absolute Gasteiger partial charge is 0.480 e. The molecule has 0 fully saturated rings. The highest BCUT2D eigenvalue weighted by molar-refractivity contribution is 5.86. The zero-order valence-electron chi connectivity index (χ0n) is 11.7. The normalized spacial score (nSPS) is 12.2. The lowest BCUT2D eigenvalue weighted by Gasteiger charge is -2.26. The first-order valence-corrected chi connectivity index (χ1v) is 6.47. The molecule has 1 aromatic carbocycles. The highest BCUT2D eigenvalue weighted by Crippen LogP contribution is 2.18. The monoisotopic (exact) mass is 263 g/mol. The van der Waals surface area contributed by atoms with Crippen molar-refractivity contribution in [2.24, 2.45) is 5.92 Å². The Bertz CT molecular complexity index is 428. The Balaban J connectivity index is 2.83. The fraction of sp³-hybridized carbons (Fsp3) is 0.467. The Morgan fingerprint density at radius 3 is 2.21 bits per heavy atom. The summed E-state index contributed by atoms with van der Waals surface area (Å²) in [7, 11) is 0. The summed E-state index contributed by atoms with van der Waals surface area (Å²) in [6.07, 6.45) is 0. The van der Waals surface area contributed by atoms with E-state index in [-0.39, 0.29) is 24.3 Å². The van der Waals surface area contributed by atoms with Gasteiger partial charge in [-0.05, 0) is 18.4 Å². The Kier molecular flexibility index (Phi) is 5.55. The second-order valence-electron chi connectivity index (χ2n) is 5.14. The predicted molar refractivity (Wildman–Crippen MR) is 73.9 cm³/mol. The van der Waals surface area contributed by atoms with Gasteiger partial charge in [0.1, 0.15) is 6.54 Å². The second-order valence-corrected chi connectivity index (χ2v) is 5.14. The van der Waals surface area contributed by atoms with Gasteiger partial charge in [-0.3, -0.25) is 9.59 Å². The van der Waals surface area contributed by atoms with E-state index < -0.39 is 5.97 Å². The number of carbonyl (C=O) groups is 2. The van der Waals surface area contributed by atoms with Crippen molar-refractivity contribution >= 4 is 11.9 Å². The van der Waals surface area contributed by atoms with Crippen LogP contribution in [0.4, 0.5) is 0 Å². The molecular weight excluding hydrogens is 242 g/mol. The summed E-state index contributed by atoms with van der Waals surface area (Å²) in [5, 5.41) is 8.90. The van der Waals surface area contributed by atoms with Crippen LogP contribution in [0.5, 0.6) is 0 Å². The van der Waals surface area contributed by atoms with Crippen LogP contribution in [-0.2, 0) is 9.59 Å². The Hall–Kier alpha value is -1.84. The minimum absolute atomic E-state index is 0.137. The van der Waals surface area contributed by atoms with E-state index >= 15 is 0 Å². The van der Waals surface area contributed by atoms with Gasteiger partial charge in [0.15, 0.2) is 0 Å². The van der Waals surface area contributed by atoms with E-state index in [4.69, 9.17) is 5.11 Å². The summed E-state index contributed by atoms with van der Waals surface area (Å²) in [6, 6.07) is 9.42. The second kappa shape index (κ2) is 6.92. The van der Waals surface area contributed by atoms with Crippen molar-refractivity contribution in [2.75, 3.05) is 13.1 Å². The number of hydrogen-bond acceptors (Lipinski definition) is 2. The number of benzene rings is 1. The van der Waals surface area contributed by atoms with Gasteiger partial charge in [-0.1, -0.05) is 44.2 Å². The minimum atomic E-state index is -0.978. The van der Waals surface area contributed by atoms with Crippen molar-refractivity contribution in [1.82, 2.24) is 4.90 Å². The van der Waals surface area contributed by atoms with Gasteiger partial charge < -0.3 is 10.0 Å². The lowest BCUT2D eigenvalue weighted by Crippen LogP contribution is -2.40. The molecule has 19 heavy (non-hydrogen) atoms. The molecule has 0 saturated carbocycles. The summed E-state index contributed by atoms with van der Waals surface area (Å²) >= 11 is 0. The number of hydrogen-bond donors (Lipinski definition) is 1. The summed E-state index contributed by atoms with van der Waals surface area (Å²) in [5.74, 6) is -1.19. The zero-order chi connectivity index (χ0) is 14.4. The fourth-order valence-corrected chi connectivity index (χ4v) is 1.99. The summed E-state index contributed by atoms with van der Waals surface area (Å²) < 4.78 is 0. The third-order valence-electron chi connectivity index (χ3n) is 2.89. The van der Waals surface area contributed by atoms with Crippen LogP contribution >= 0.6 is 0 Å². The Morgan fingerprint density at radius 2 is 1.74 bits per heavy atom. The Morgan fingerprint density at radius 1 is 1.16 bits per heavy atom. The maximum atomic E-state index is 12.4. The highest BCUT2D eigenvalue weighted by Gasteiger charge is 2.24. The number of amides is 1. The first-order chi connectivity index (χ1) is 8.91. The van der Waals surface area contributed by atoms with Crippen LogP contribution in [0.3, 0.4) is 0 Å². The number of rotatable bonds is 6. The quantitative estimate of drug-likeness (QED) is 0.857. The maximum absolute atomic E-state index is 12.4. The van der Waals surface area contributed by atoms with Crippen molar-refractivity contribution in [1.29, 1.82) is 0 Å². The highest BCUT2D eigenvalue weighted by atomic mass is 16.4. The van der Waals surface area contributed by atoms with Crippen molar-refractivity contribution in [3.8, 4) is 0 Å². The SMILES string of the molecule is CC(C)CN(CC(=O)O)C(=O)C(C)c1ccccc1. The van der Waals surface area contributed by atoms with Gasteiger partial charge in [0.25, 0.3) is 0 Å². The number of carboxylic acid groups (broad SMARTS) is 1. The van der Waals surface area contributed by atoms with Crippen LogP contribution in [0.15, 0.2) is 30.3 Å². The fourth-order valence-electron chi connectivity index (χ4n) is 1.99. The molecule has 1 unspecified atom stereocenters. The predicted octanol–water partition coefficient (Wildman–Crippen LogP) is 2.36. The molecule has 0 saturated heterocycles. The third-order valence-corrected chi connectivity index (χ3v) is 2.89. The van der Waals surface area contributed by atoms with E-state index in [9.17, 15) is 9.59 Å². The number of carboxylic acids is 1. The smallest absolute Gasteiger partial charge is 0.323 e. The van der Waals surface area contributed by atoms with Crippen LogP contribution in [0.2, 0.25) is 0 Å². The zero-order valence-corrected chi connectivity index (χ0v) is 11.7. The van der Waals surface area contributed by atoms with E-state index in [0.717, 1.165) is 5.56 Å². The van der Waals surface area contributed by atoms with Crippen molar-refractivity contribution in [3.05, 3.63) is 35.9 Å². The summed E-state index contributed by atoms with van der Waals surface area (Å²) in [5.41, 5.74) is 0.909. The molecule has 4 nitrogen and oxygen atoms in total. The van der Waals surface area contributed by atoms with Gasteiger partial charge in [-0.25, -0.2) is 0 Å². The topological polar surface area (TPSA) is 57.6 Å². The van der Waals surface area contributed by atoms with Crippen molar-refractivity contribution in [3.63, 3.8) is 0 Å². The molecule has 0 aliphatic heterocycles. The molecule has 1 atom stereocenters. The Labute approximate surface area is 114 Å². The molecule has 0 radical (unpaired) electrons. The van der Waals surface area contributed by atoms with Crippen LogP contribution in [0.1, 0.15) is 32.3 Å². The van der Waals surface area contributed by atoms with E-state index in [2.05, 4.69) is 0 Å². The van der Waals surface area contributed by atoms with Crippen LogP contribution in [0.25, 0.3) is 0 Å². The average molecular weight is 263 g/mol. The molecule has 0 spiro atoms. The average Bonchev–Trinajstić information content (AvgIpc) is 2.36. The van der Waals surface area contributed by atoms with E-state index in [1.807, 2.05) is 51.1 Å². The molecule has 4 heteroatoms. The van der Waals surface area contributed by atoms with Crippen molar-refractivity contribution < 1.29 is 14.7 Å².